The maximum absolute atomic E-state index is 11.1. The molecular formula is C13H16O2. The van der Waals surface area contributed by atoms with Crippen molar-refractivity contribution in [1.82, 2.24) is 0 Å². The van der Waals surface area contributed by atoms with Crippen molar-refractivity contribution in [2.24, 2.45) is 5.92 Å². The Hall–Kier alpha value is -1.31. The van der Waals surface area contributed by atoms with E-state index in [0.29, 0.717) is 0 Å². The summed E-state index contributed by atoms with van der Waals surface area (Å²) in [4.78, 5) is 11.1. The fourth-order valence-corrected chi connectivity index (χ4v) is 2.56. The van der Waals surface area contributed by atoms with E-state index in [9.17, 15) is 4.79 Å². The number of hydrogen-bond acceptors (Lipinski definition) is 1. The summed E-state index contributed by atoms with van der Waals surface area (Å²) in [6, 6.07) is 8.24. The van der Waals surface area contributed by atoms with E-state index in [1.807, 2.05) is 19.1 Å². The van der Waals surface area contributed by atoms with Crippen LogP contribution in [-0.4, -0.2) is 11.1 Å². The molecule has 80 valence electrons. The van der Waals surface area contributed by atoms with Gasteiger partial charge < -0.3 is 5.11 Å². The van der Waals surface area contributed by atoms with Gasteiger partial charge in [-0.1, -0.05) is 36.2 Å². The molecule has 2 unspecified atom stereocenters. The lowest BCUT2D eigenvalue weighted by Gasteiger charge is -2.16. The van der Waals surface area contributed by atoms with E-state index in [2.05, 4.69) is 12.1 Å². The summed E-state index contributed by atoms with van der Waals surface area (Å²) in [5, 5.41) is 9.11. The van der Waals surface area contributed by atoms with Crippen LogP contribution in [0.3, 0.4) is 0 Å². The number of carboxylic acids is 1. The van der Waals surface area contributed by atoms with Crippen molar-refractivity contribution in [3.63, 3.8) is 0 Å². The van der Waals surface area contributed by atoms with Crippen LogP contribution < -0.4 is 0 Å². The SMILES string of the molecule is Cc1cccc(C2CCCC2C(=O)O)c1. The van der Waals surface area contributed by atoms with Crippen molar-refractivity contribution in [3.05, 3.63) is 35.4 Å². The van der Waals surface area contributed by atoms with Gasteiger partial charge in [0, 0.05) is 0 Å². The molecule has 2 heteroatoms. The van der Waals surface area contributed by atoms with Crippen LogP contribution in [0.25, 0.3) is 0 Å². The highest BCUT2D eigenvalue weighted by atomic mass is 16.4. The lowest BCUT2D eigenvalue weighted by atomic mass is 9.88. The second-order valence-electron chi connectivity index (χ2n) is 4.40. The fraction of sp³-hybridized carbons (Fsp3) is 0.462. The van der Waals surface area contributed by atoms with Crippen LogP contribution in [-0.2, 0) is 4.79 Å². The number of carboxylic acid groups (broad SMARTS) is 1. The van der Waals surface area contributed by atoms with E-state index in [-0.39, 0.29) is 11.8 Å². The quantitative estimate of drug-likeness (QED) is 0.804. The molecule has 1 aromatic rings. The smallest absolute Gasteiger partial charge is 0.307 e. The molecule has 2 atom stereocenters. The molecule has 1 N–H and O–H groups in total. The first kappa shape index (κ1) is 10.2. The van der Waals surface area contributed by atoms with Crippen molar-refractivity contribution >= 4 is 5.97 Å². The maximum Gasteiger partial charge on any atom is 0.307 e. The predicted molar refractivity (Wildman–Crippen MR) is 58.9 cm³/mol. The highest BCUT2D eigenvalue weighted by Crippen LogP contribution is 2.39. The molecule has 15 heavy (non-hydrogen) atoms. The number of benzene rings is 1. The summed E-state index contributed by atoms with van der Waals surface area (Å²) in [5.74, 6) is -0.590. The van der Waals surface area contributed by atoms with Crippen LogP contribution in [0.1, 0.15) is 36.3 Å². The Morgan fingerprint density at radius 2 is 2.20 bits per heavy atom. The van der Waals surface area contributed by atoms with Gasteiger partial charge in [0.2, 0.25) is 0 Å². The third kappa shape index (κ3) is 2.04. The van der Waals surface area contributed by atoms with Gasteiger partial charge >= 0.3 is 5.97 Å². The minimum Gasteiger partial charge on any atom is -0.481 e. The van der Waals surface area contributed by atoms with Gasteiger partial charge in [0.25, 0.3) is 0 Å². The number of rotatable bonds is 2. The number of aryl methyl sites for hydroxylation is 1. The van der Waals surface area contributed by atoms with Crippen LogP contribution in [0, 0.1) is 12.8 Å². The van der Waals surface area contributed by atoms with Crippen LogP contribution in [0.5, 0.6) is 0 Å². The molecule has 0 aliphatic heterocycles. The van der Waals surface area contributed by atoms with E-state index < -0.39 is 5.97 Å². The summed E-state index contributed by atoms with van der Waals surface area (Å²) >= 11 is 0. The normalized spacial score (nSPS) is 25.4. The van der Waals surface area contributed by atoms with Gasteiger partial charge in [-0.3, -0.25) is 4.79 Å². The first-order valence-electron chi connectivity index (χ1n) is 5.48. The van der Waals surface area contributed by atoms with E-state index in [0.717, 1.165) is 19.3 Å². The molecule has 1 fully saturated rings. The first-order valence-corrected chi connectivity index (χ1v) is 5.48. The van der Waals surface area contributed by atoms with E-state index in [1.165, 1.54) is 11.1 Å². The number of hydrogen-bond donors (Lipinski definition) is 1. The van der Waals surface area contributed by atoms with Crippen LogP contribution >= 0.6 is 0 Å². The summed E-state index contributed by atoms with van der Waals surface area (Å²) in [6.07, 6.45) is 2.88. The molecule has 1 aliphatic carbocycles. The standard InChI is InChI=1S/C13H16O2/c1-9-4-2-5-10(8-9)11-6-3-7-12(11)13(14)15/h2,4-5,8,11-12H,3,6-7H2,1H3,(H,14,15). The molecule has 1 aliphatic rings. The molecule has 0 aromatic heterocycles. The molecule has 2 nitrogen and oxygen atoms in total. The minimum absolute atomic E-state index is 0.174. The largest absolute Gasteiger partial charge is 0.481 e. The third-order valence-electron chi connectivity index (χ3n) is 3.30. The second kappa shape index (κ2) is 4.05. The van der Waals surface area contributed by atoms with Crippen molar-refractivity contribution in [2.45, 2.75) is 32.1 Å². The Morgan fingerprint density at radius 3 is 2.87 bits per heavy atom. The van der Waals surface area contributed by atoms with Crippen molar-refractivity contribution in [3.8, 4) is 0 Å². The van der Waals surface area contributed by atoms with E-state index >= 15 is 0 Å². The fourth-order valence-electron chi connectivity index (χ4n) is 2.56. The summed E-state index contributed by atoms with van der Waals surface area (Å²) < 4.78 is 0. The topological polar surface area (TPSA) is 37.3 Å². The molecule has 1 aromatic carbocycles. The lowest BCUT2D eigenvalue weighted by Crippen LogP contribution is -2.16. The summed E-state index contributed by atoms with van der Waals surface area (Å²) in [7, 11) is 0. The highest BCUT2D eigenvalue weighted by molar-refractivity contribution is 5.71. The molecule has 0 saturated heterocycles. The number of carbonyl (C=O) groups is 1. The van der Waals surface area contributed by atoms with Gasteiger partial charge in [-0.2, -0.15) is 0 Å². The first-order chi connectivity index (χ1) is 7.18. The van der Waals surface area contributed by atoms with Gasteiger partial charge in [-0.25, -0.2) is 0 Å². The van der Waals surface area contributed by atoms with Crippen molar-refractivity contribution < 1.29 is 9.90 Å². The average molecular weight is 204 g/mol. The van der Waals surface area contributed by atoms with Gasteiger partial charge in [-0.05, 0) is 31.2 Å². The van der Waals surface area contributed by atoms with E-state index in [1.54, 1.807) is 0 Å². The molecule has 0 heterocycles. The van der Waals surface area contributed by atoms with Crippen LogP contribution in [0.2, 0.25) is 0 Å². The van der Waals surface area contributed by atoms with E-state index in [4.69, 9.17) is 5.11 Å². The summed E-state index contributed by atoms with van der Waals surface area (Å²) in [5.41, 5.74) is 2.41. The average Bonchev–Trinajstić information content (AvgIpc) is 2.65. The molecule has 0 spiro atoms. The van der Waals surface area contributed by atoms with Gasteiger partial charge in [0.1, 0.15) is 0 Å². The monoisotopic (exact) mass is 204 g/mol. The molecule has 1 saturated carbocycles. The zero-order valence-corrected chi connectivity index (χ0v) is 8.94. The molecule has 0 radical (unpaired) electrons. The van der Waals surface area contributed by atoms with Crippen LogP contribution in [0.15, 0.2) is 24.3 Å². The Kier molecular flexibility index (Phi) is 2.76. The molecule has 0 bridgehead atoms. The Bertz CT molecular complexity index is 371. The van der Waals surface area contributed by atoms with Gasteiger partial charge in [0.05, 0.1) is 5.92 Å². The molecule has 0 amide bonds. The molecular weight excluding hydrogens is 188 g/mol. The number of aliphatic carboxylic acids is 1. The van der Waals surface area contributed by atoms with Crippen molar-refractivity contribution in [1.29, 1.82) is 0 Å². The maximum atomic E-state index is 11.1. The Labute approximate surface area is 89.9 Å². The third-order valence-corrected chi connectivity index (χ3v) is 3.30. The Morgan fingerprint density at radius 1 is 1.40 bits per heavy atom. The summed E-state index contributed by atoms with van der Waals surface area (Å²) in [6.45, 7) is 2.05. The van der Waals surface area contributed by atoms with Gasteiger partial charge in [-0.15, -0.1) is 0 Å². The zero-order chi connectivity index (χ0) is 10.8. The van der Waals surface area contributed by atoms with Crippen molar-refractivity contribution in [2.75, 3.05) is 0 Å². The minimum atomic E-state index is -0.640. The lowest BCUT2D eigenvalue weighted by molar-refractivity contribution is -0.142. The Balaban J connectivity index is 2.26. The zero-order valence-electron chi connectivity index (χ0n) is 8.94. The predicted octanol–water partition coefficient (Wildman–Crippen LogP) is 2.96. The molecule has 2 rings (SSSR count). The second-order valence-corrected chi connectivity index (χ2v) is 4.40. The van der Waals surface area contributed by atoms with Crippen LogP contribution in [0.4, 0.5) is 0 Å². The highest BCUT2D eigenvalue weighted by Gasteiger charge is 2.33. The van der Waals surface area contributed by atoms with Gasteiger partial charge in [0.15, 0.2) is 0 Å².